The van der Waals surface area contributed by atoms with E-state index in [-0.39, 0.29) is 35.8 Å². The van der Waals surface area contributed by atoms with Crippen LogP contribution in [0.1, 0.15) is 57.6 Å². The summed E-state index contributed by atoms with van der Waals surface area (Å²) in [4.78, 5) is 28.1. The van der Waals surface area contributed by atoms with Crippen LogP contribution in [0.15, 0.2) is 53.4 Å². The van der Waals surface area contributed by atoms with E-state index in [1.165, 1.54) is 4.31 Å². The molecule has 1 aliphatic heterocycles. The molecule has 214 valence electrons. The third kappa shape index (κ3) is 9.31. The molecule has 1 aliphatic rings. The summed E-state index contributed by atoms with van der Waals surface area (Å²) in [6.07, 6.45) is 3.21. The highest BCUT2D eigenvalue weighted by Gasteiger charge is 2.28. The van der Waals surface area contributed by atoms with E-state index in [1.54, 1.807) is 48.2 Å². The number of hydrogen-bond donors (Lipinski definition) is 1. The predicted octanol–water partition coefficient (Wildman–Crippen LogP) is 4.41. The number of ether oxygens (including phenoxy) is 1. The molecule has 1 N–H and O–H groups in total. The van der Waals surface area contributed by atoms with Crippen molar-refractivity contribution in [1.82, 2.24) is 14.5 Å². The van der Waals surface area contributed by atoms with Gasteiger partial charge >= 0.3 is 0 Å². The number of benzene rings is 2. The van der Waals surface area contributed by atoms with Crippen LogP contribution in [0.5, 0.6) is 0 Å². The maximum Gasteiger partial charge on any atom is 0.243 e. The second-order valence-electron chi connectivity index (χ2n) is 10.1. The molecule has 2 aromatic rings. The molecule has 3 rings (SSSR count). The first-order valence-corrected chi connectivity index (χ1v) is 15.4. The Morgan fingerprint density at radius 1 is 1.00 bits per heavy atom. The van der Waals surface area contributed by atoms with Gasteiger partial charge in [-0.3, -0.25) is 9.59 Å². The molecule has 1 saturated heterocycles. The van der Waals surface area contributed by atoms with Gasteiger partial charge in [0.15, 0.2) is 0 Å². The van der Waals surface area contributed by atoms with E-state index in [0.717, 1.165) is 24.0 Å². The Bertz CT molecular complexity index is 1180. The Kier molecular flexibility index (Phi) is 11.8. The van der Waals surface area contributed by atoms with E-state index < -0.39 is 16.1 Å². The molecule has 0 aliphatic carbocycles. The van der Waals surface area contributed by atoms with Crippen LogP contribution in [0.25, 0.3) is 0 Å². The van der Waals surface area contributed by atoms with Crippen molar-refractivity contribution in [3.63, 3.8) is 0 Å². The highest BCUT2D eigenvalue weighted by Crippen LogP contribution is 2.22. The first-order valence-electron chi connectivity index (χ1n) is 13.6. The lowest BCUT2D eigenvalue weighted by Gasteiger charge is -2.29. The summed E-state index contributed by atoms with van der Waals surface area (Å²) in [6.45, 7) is 8.06. The van der Waals surface area contributed by atoms with Crippen molar-refractivity contribution in [3.8, 4) is 0 Å². The minimum absolute atomic E-state index is 0.137. The summed E-state index contributed by atoms with van der Waals surface area (Å²) in [5, 5.41) is 3.51. The molecule has 2 aromatic carbocycles. The second kappa shape index (κ2) is 14.8. The van der Waals surface area contributed by atoms with Crippen molar-refractivity contribution in [2.24, 2.45) is 0 Å². The molecule has 1 atom stereocenters. The van der Waals surface area contributed by atoms with Crippen LogP contribution in [0, 0.1) is 0 Å². The van der Waals surface area contributed by atoms with Crippen LogP contribution >= 0.6 is 11.6 Å². The summed E-state index contributed by atoms with van der Waals surface area (Å²) in [5.41, 5.74) is 1.73. The van der Waals surface area contributed by atoms with Gasteiger partial charge in [0.25, 0.3) is 0 Å². The highest BCUT2D eigenvalue weighted by molar-refractivity contribution is 7.89. The van der Waals surface area contributed by atoms with E-state index in [2.05, 4.69) is 5.32 Å². The van der Waals surface area contributed by atoms with Crippen LogP contribution in [-0.4, -0.2) is 67.8 Å². The lowest BCUT2D eigenvalue weighted by atomic mass is 10.1. The van der Waals surface area contributed by atoms with Crippen molar-refractivity contribution in [3.05, 3.63) is 64.7 Å². The Balaban J connectivity index is 1.63. The molecule has 0 bridgehead atoms. The van der Waals surface area contributed by atoms with Crippen LogP contribution in [0.3, 0.4) is 0 Å². The Labute approximate surface area is 237 Å². The number of halogens is 1. The van der Waals surface area contributed by atoms with Gasteiger partial charge < -0.3 is 15.0 Å². The Hall–Kier alpha value is -2.46. The maximum absolute atomic E-state index is 13.4. The van der Waals surface area contributed by atoms with Gasteiger partial charge in [-0.15, -0.1) is 0 Å². The molecular formula is C29H40ClN3O5S. The summed E-state index contributed by atoms with van der Waals surface area (Å²) < 4.78 is 32.6. The van der Waals surface area contributed by atoms with Gasteiger partial charge in [0, 0.05) is 44.2 Å². The average Bonchev–Trinajstić information content (AvgIpc) is 3.47. The SMILES string of the molecule is CC(C)OCCCNC(=O)[C@H](C)N(Cc1ccc(Cl)cc1)C(=O)CCc1ccc(S(=O)(=O)N2CCCC2)cc1. The van der Waals surface area contributed by atoms with E-state index in [4.69, 9.17) is 16.3 Å². The zero-order valence-corrected chi connectivity index (χ0v) is 24.6. The molecule has 0 unspecified atom stereocenters. The number of carbonyl (C=O) groups excluding carboxylic acids is 2. The summed E-state index contributed by atoms with van der Waals surface area (Å²) >= 11 is 6.02. The predicted molar refractivity (Wildman–Crippen MR) is 153 cm³/mol. The third-order valence-corrected chi connectivity index (χ3v) is 8.92. The minimum Gasteiger partial charge on any atom is -0.379 e. The Morgan fingerprint density at radius 3 is 2.23 bits per heavy atom. The number of sulfonamides is 1. The molecule has 0 radical (unpaired) electrons. The van der Waals surface area contributed by atoms with Crippen molar-refractivity contribution in [2.75, 3.05) is 26.2 Å². The van der Waals surface area contributed by atoms with Gasteiger partial charge in [-0.1, -0.05) is 35.9 Å². The van der Waals surface area contributed by atoms with E-state index in [1.807, 2.05) is 26.0 Å². The highest BCUT2D eigenvalue weighted by atomic mass is 35.5. The molecule has 1 heterocycles. The quantitative estimate of drug-likeness (QED) is 0.336. The van der Waals surface area contributed by atoms with Crippen molar-refractivity contribution in [1.29, 1.82) is 0 Å². The molecule has 8 nitrogen and oxygen atoms in total. The normalized spacial score (nSPS) is 14.9. The van der Waals surface area contributed by atoms with Gasteiger partial charge in [-0.2, -0.15) is 4.31 Å². The second-order valence-corrected chi connectivity index (χ2v) is 12.5. The Morgan fingerprint density at radius 2 is 1.62 bits per heavy atom. The molecule has 0 saturated carbocycles. The van der Waals surface area contributed by atoms with Crippen molar-refractivity contribution in [2.45, 2.75) is 76.5 Å². The first kappa shape index (κ1) is 31.1. The standard InChI is InChI=1S/C29H40ClN3O5S/c1-22(2)38-20-6-17-31-29(35)23(3)33(21-25-7-12-26(30)13-8-25)28(34)16-11-24-9-14-27(15-10-24)39(36,37)32-18-4-5-19-32/h7-10,12-15,22-23H,4-6,11,16-21H2,1-3H3,(H,31,35)/t23-/m0/s1. The largest absolute Gasteiger partial charge is 0.379 e. The van der Waals surface area contributed by atoms with E-state index >= 15 is 0 Å². The molecule has 0 aromatic heterocycles. The van der Waals surface area contributed by atoms with Gasteiger partial charge in [-0.05, 0) is 81.8 Å². The molecule has 39 heavy (non-hydrogen) atoms. The van der Waals surface area contributed by atoms with Gasteiger partial charge in [0.05, 0.1) is 11.0 Å². The number of hydrogen-bond acceptors (Lipinski definition) is 5. The summed E-state index contributed by atoms with van der Waals surface area (Å²) in [7, 11) is -3.48. The molecule has 2 amide bonds. The fourth-order valence-electron chi connectivity index (χ4n) is 4.42. The van der Waals surface area contributed by atoms with E-state index in [0.29, 0.717) is 44.1 Å². The van der Waals surface area contributed by atoms with Crippen LogP contribution in [-0.2, 0) is 37.3 Å². The zero-order chi connectivity index (χ0) is 28.4. The van der Waals surface area contributed by atoms with Crippen molar-refractivity contribution >= 4 is 33.4 Å². The lowest BCUT2D eigenvalue weighted by Crippen LogP contribution is -2.48. The van der Waals surface area contributed by atoms with Gasteiger partial charge in [0.1, 0.15) is 6.04 Å². The molecule has 1 fully saturated rings. The smallest absolute Gasteiger partial charge is 0.243 e. The van der Waals surface area contributed by atoms with Crippen LogP contribution < -0.4 is 5.32 Å². The number of nitrogens with zero attached hydrogens (tertiary/aromatic N) is 2. The minimum atomic E-state index is -3.48. The maximum atomic E-state index is 13.4. The van der Waals surface area contributed by atoms with Crippen LogP contribution in [0.2, 0.25) is 5.02 Å². The lowest BCUT2D eigenvalue weighted by molar-refractivity contribution is -0.140. The van der Waals surface area contributed by atoms with E-state index in [9.17, 15) is 18.0 Å². The van der Waals surface area contributed by atoms with Gasteiger partial charge in [0.2, 0.25) is 21.8 Å². The van der Waals surface area contributed by atoms with Crippen molar-refractivity contribution < 1.29 is 22.7 Å². The number of amides is 2. The topological polar surface area (TPSA) is 96.0 Å². The summed E-state index contributed by atoms with van der Waals surface area (Å²) in [6, 6.07) is 13.3. The fraction of sp³-hybridized carbons (Fsp3) is 0.517. The fourth-order valence-corrected chi connectivity index (χ4v) is 6.06. The third-order valence-electron chi connectivity index (χ3n) is 6.76. The first-order chi connectivity index (χ1) is 18.6. The molecule has 0 spiro atoms. The molecule has 10 heteroatoms. The molecular weight excluding hydrogens is 538 g/mol. The average molecular weight is 578 g/mol. The number of aryl methyl sites for hydroxylation is 1. The number of nitrogens with one attached hydrogen (secondary N) is 1. The summed E-state index contributed by atoms with van der Waals surface area (Å²) in [5.74, 6) is -0.386. The number of carbonyl (C=O) groups is 2. The zero-order valence-electron chi connectivity index (χ0n) is 23.1. The van der Waals surface area contributed by atoms with Crippen LogP contribution in [0.4, 0.5) is 0 Å². The monoisotopic (exact) mass is 577 g/mol. The van der Waals surface area contributed by atoms with Gasteiger partial charge in [-0.25, -0.2) is 8.42 Å². The number of rotatable bonds is 14.